The topological polar surface area (TPSA) is 93.9 Å². The number of furan rings is 1. The van der Waals surface area contributed by atoms with Crippen LogP contribution in [-0.4, -0.2) is 27.4 Å². The molecule has 4 aromatic rings. The van der Waals surface area contributed by atoms with Crippen LogP contribution in [0.3, 0.4) is 0 Å². The molecule has 0 fully saturated rings. The predicted octanol–water partition coefficient (Wildman–Crippen LogP) is 5.83. The van der Waals surface area contributed by atoms with E-state index in [4.69, 9.17) is 20.8 Å². The van der Waals surface area contributed by atoms with Gasteiger partial charge in [0.2, 0.25) is 0 Å². The summed E-state index contributed by atoms with van der Waals surface area (Å²) in [5.41, 5.74) is 1.90. The average molecular weight is 512 g/mol. The highest BCUT2D eigenvalue weighted by Crippen LogP contribution is 2.34. The maximum atomic E-state index is 14.0. The molecular formula is C26H22ClNO6S. The standard InChI is InChI=1S/C26H22ClNO6S/c1-15-5-6-16(2)23(13-15)35(31,32)28(25(29)18-7-9-19(27)10-8-18)20-11-12-22-21(14-20)24(17(3)34-22)26(30)33-4/h5-14H,1-4H3. The molecule has 0 atom stereocenters. The van der Waals surface area contributed by atoms with E-state index in [-0.39, 0.29) is 21.7 Å². The zero-order valence-electron chi connectivity index (χ0n) is 19.5. The average Bonchev–Trinajstić information content (AvgIpc) is 3.15. The van der Waals surface area contributed by atoms with E-state index in [2.05, 4.69) is 0 Å². The summed E-state index contributed by atoms with van der Waals surface area (Å²) in [6, 6.07) is 15.3. The molecule has 1 aromatic heterocycles. The molecule has 0 aliphatic rings. The number of halogens is 1. The first-order valence-electron chi connectivity index (χ1n) is 10.6. The van der Waals surface area contributed by atoms with Gasteiger partial charge >= 0.3 is 5.97 Å². The Hall–Kier alpha value is -3.62. The lowest BCUT2D eigenvalue weighted by Crippen LogP contribution is -2.37. The van der Waals surface area contributed by atoms with Gasteiger partial charge in [-0.05, 0) is 80.4 Å². The molecule has 0 unspecified atom stereocenters. The molecule has 1 amide bonds. The van der Waals surface area contributed by atoms with E-state index in [1.54, 1.807) is 32.9 Å². The summed E-state index contributed by atoms with van der Waals surface area (Å²) < 4.78 is 39.2. The third-order valence-electron chi connectivity index (χ3n) is 5.61. The first kappa shape index (κ1) is 24.5. The highest BCUT2D eigenvalue weighted by Gasteiger charge is 2.34. The molecule has 35 heavy (non-hydrogen) atoms. The van der Waals surface area contributed by atoms with Crippen LogP contribution in [0, 0.1) is 20.8 Å². The van der Waals surface area contributed by atoms with E-state index in [0.29, 0.717) is 27.3 Å². The van der Waals surface area contributed by atoms with Crippen LogP contribution < -0.4 is 4.31 Å². The first-order valence-corrected chi connectivity index (χ1v) is 12.4. The number of aryl methyl sites for hydroxylation is 3. The summed E-state index contributed by atoms with van der Waals surface area (Å²) in [4.78, 5) is 26.1. The van der Waals surface area contributed by atoms with Crippen LogP contribution in [-0.2, 0) is 14.8 Å². The van der Waals surface area contributed by atoms with Crippen LogP contribution in [0.4, 0.5) is 5.69 Å². The fourth-order valence-electron chi connectivity index (χ4n) is 3.85. The molecule has 0 N–H and O–H groups in total. The lowest BCUT2D eigenvalue weighted by atomic mass is 10.1. The summed E-state index contributed by atoms with van der Waals surface area (Å²) in [7, 11) is -3.12. The van der Waals surface area contributed by atoms with Gasteiger partial charge in [0.15, 0.2) is 0 Å². The SMILES string of the molecule is COC(=O)c1c(C)oc2ccc(N(C(=O)c3ccc(Cl)cc3)S(=O)(=O)c3cc(C)ccc3C)cc12. The van der Waals surface area contributed by atoms with Gasteiger partial charge in [-0.3, -0.25) is 4.79 Å². The molecule has 4 rings (SSSR count). The van der Waals surface area contributed by atoms with Gasteiger partial charge in [0.1, 0.15) is 16.9 Å². The second-order valence-electron chi connectivity index (χ2n) is 8.06. The maximum absolute atomic E-state index is 14.0. The van der Waals surface area contributed by atoms with Crippen LogP contribution in [0.1, 0.15) is 37.6 Å². The first-order chi connectivity index (χ1) is 16.5. The van der Waals surface area contributed by atoms with E-state index in [1.807, 2.05) is 0 Å². The molecule has 0 aliphatic carbocycles. The summed E-state index contributed by atoms with van der Waals surface area (Å²) in [5, 5.41) is 0.736. The number of fused-ring (bicyclic) bond motifs is 1. The van der Waals surface area contributed by atoms with Crippen molar-refractivity contribution >= 4 is 50.2 Å². The summed E-state index contributed by atoms with van der Waals surface area (Å²) in [6.07, 6.45) is 0. The lowest BCUT2D eigenvalue weighted by Gasteiger charge is -2.24. The Balaban J connectivity index is 1.99. The van der Waals surface area contributed by atoms with Gasteiger partial charge in [0.25, 0.3) is 15.9 Å². The van der Waals surface area contributed by atoms with E-state index in [0.717, 1.165) is 9.87 Å². The van der Waals surface area contributed by atoms with Crippen LogP contribution in [0.2, 0.25) is 5.02 Å². The molecule has 0 bridgehead atoms. The summed E-state index contributed by atoms with van der Waals surface area (Å²) in [5.74, 6) is -1.09. The number of amides is 1. The number of sulfonamides is 1. The number of esters is 1. The minimum Gasteiger partial charge on any atom is -0.465 e. The van der Waals surface area contributed by atoms with Crippen molar-refractivity contribution in [2.24, 2.45) is 0 Å². The maximum Gasteiger partial charge on any atom is 0.342 e. The Morgan fingerprint density at radius 1 is 0.943 bits per heavy atom. The van der Waals surface area contributed by atoms with Crippen molar-refractivity contribution in [1.82, 2.24) is 0 Å². The largest absolute Gasteiger partial charge is 0.465 e. The number of carbonyl (C=O) groups excluding carboxylic acids is 2. The molecule has 3 aromatic carbocycles. The Morgan fingerprint density at radius 3 is 2.29 bits per heavy atom. The van der Waals surface area contributed by atoms with Gasteiger partial charge in [-0.1, -0.05) is 23.7 Å². The predicted molar refractivity (Wildman–Crippen MR) is 134 cm³/mol. The van der Waals surface area contributed by atoms with Crippen molar-refractivity contribution in [2.45, 2.75) is 25.7 Å². The Labute approximate surface area is 207 Å². The molecule has 0 spiro atoms. The fraction of sp³-hybridized carbons (Fsp3) is 0.154. The van der Waals surface area contributed by atoms with Crippen molar-refractivity contribution in [3.63, 3.8) is 0 Å². The number of hydrogen-bond acceptors (Lipinski definition) is 6. The van der Waals surface area contributed by atoms with Gasteiger partial charge in [0, 0.05) is 16.0 Å². The Kier molecular flexibility index (Phi) is 6.44. The van der Waals surface area contributed by atoms with E-state index >= 15 is 0 Å². The Bertz CT molecular complexity index is 1570. The second kappa shape index (κ2) is 9.20. The van der Waals surface area contributed by atoms with Gasteiger partial charge in [-0.2, -0.15) is 4.31 Å². The number of rotatable bonds is 5. The van der Waals surface area contributed by atoms with Crippen molar-refractivity contribution in [3.8, 4) is 0 Å². The zero-order chi connectivity index (χ0) is 25.5. The van der Waals surface area contributed by atoms with Crippen molar-refractivity contribution in [1.29, 1.82) is 0 Å². The van der Waals surface area contributed by atoms with Gasteiger partial charge < -0.3 is 9.15 Å². The van der Waals surface area contributed by atoms with Gasteiger partial charge in [-0.25, -0.2) is 13.2 Å². The molecule has 0 saturated carbocycles. The van der Waals surface area contributed by atoms with Crippen molar-refractivity contribution in [2.75, 3.05) is 11.4 Å². The molecular weight excluding hydrogens is 490 g/mol. The summed E-state index contributed by atoms with van der Waals surface area (Å²) >= 11 is 5.97. The minimum atomic E-state index is -4.36. The third-order valence-corrected chi connectivity index (χ3v) is 7.71. The smallest absolute Gasteiger partial charge is 0.342 e. The number of anilines is 1. The molecule has 1 heterocycles. The number of ether oxygens (including phenoxy) is 1. The second-order valence-corrected chi connectivity index (χ2v) is 10.2. The summed E-state index contributed by atoms with van der Waals surface area (Å²) in [6.45, 7) is 5.04. The molecule has 180 valence electrons. The lowest BCUT2D eigenvalue weighted by molar-refractivity contribution is 0.0600. The third kappa shape index (κ3) is 4.42. The number of carbonyl (C=O) groups is 2. The van der Waals surface area contributed by atoms with Gasteiger partial charge in [-0.15, -0.1) is 0 Å². The molecule has 0 radical (unpaired) electrons. The monoisotopic (exact) mass is 511 g/mol. The fourth-order valence-corrected chi connectivity index (χ4v) is 5.70. The normalized spacial score (nSPS) is 11.5. The highest BCUT2D eigenvalue weighted by molar-refractivity contribution is 7.93. The quantitative estimate of drug-likeness (QED) is 0.313. The minimum absolute atomic E-state index is 0.00326. The number of hydrogen-bond donors (Lipinski definition) is 0. The van der Waals surface area contributed by atoms with Crippen LogP contribution in [0.25, 0.3) is 11.0 Å². The van der Waals surface area contributed by atoms with Crippen LogP contribution in [0.5, 0.6) is 0 Å². The molecule has 9 heteroatoms. The zero-order valence-corrected chi connectivity index (χ0v) is 21.0. The van der Waals surface area contributed by atoms with E-state index < -0.39 is 21.9 Å². The molecule has 0 saturated heterocycles. The van der Waals surface area contributed by atoms with E-state index in [9.17, 15) is 18.0 Å². The highest BCUT2D eigenvalue weighted by atomic mass is 35.5. The van der Waals surface area contributed by atoms with Crippen LogP contribution in [0.15, 0.2) is 70.0 Å². The number of nitrogens with zero attached hydrogens (tertiary/aromatic N) is 1. The molecule has 0 aliphatic heterocycles. The van der Waals surface area contributed by atoms with Gasteiger partial charge in [0.05, 0.1) is 17.7 Å². The Morgan fingerprint density at radius 2 is 1.63 bits per heavy atom. The van der Waals surface area contributed by atoms with Crippen molar-refractivity contribution < 1.29 is 27.2 Å². The van der Waals surface area contributed by atoms with Crippen LogP contribution >= 0.6 is 11.6 Å². The number of methoxy groups -OCH3 is 1. The number of benzene rings is 3. The van der Waals surface area contributed by atoms with Crippen molar-refractivity contribution in [3.05, 3.63) is 93.7 Å². The van der Waals surface area contributed by atoms with E-state index in [1.165, 1.54) is 55.6 Å². The molecule has 7 nitrogen and oxygen atoms in total.